The summed E-state index contributed by atoms with van der Waals surface area (Å²) in [6.07, 6.45) is 0. The van der Waals surface area contributed by atoms with Crippen molar-refractivity contribution in [2.75, 3.05) is 17.2 Å². The summed E-state index contributed by atoms with van der Waals surface area (Å²) in [6, 6.07) is 20.8. The van der Waals surface area contributed by atoms with Gasteiger partial charge in [0.2, 0.25) is 0 Å². The van der Waals surface area contributed by atoms with Crippen LogP contribution in [0.25, 0.3) is 11.0 Å². The van der Waals surface area contributed by atoms with E-state index in [-0.39, 0.29) is 18.2 Å². The molecule has 2 amide bonds. The molecule has 4 N–H and O–H groups in total. The van der Waals surface area contributed by atoms with Crippen LogP contribution in [-0.2, 0) is 4.79 Å². The molecule has 0 fully saturated rings. The van der Waals surface area contributed by atoms with Crippen molar-refractivity contribution in [3.8, 4) is 5.75 Å². The second-order valence-corrected chi connectivity index (χ2v) is 6.49. The zero-order chi connectivity index (χ0) is 20.9. The summed E-state index contributed by atoms with van der Waals surface area (Å²) >= 11 is 0. The molecule has 0 saturated carbocycles. The Morgan fingerprint density at radius 2 is 1.53 bits per heavy atom. The maximum Gasteiger partial charge on any atom is 0.323 e. The van der Waals surface area contributed by atoms with Crippen molar-refractivity contribution in [2.24, 2.45) is 0 Å². The highest BCUT2D eigenvalue weighted by molar-refractivity contribution is 6.06. The van der Waals surface area contributed by atoms with Crippen LogP contribution < -0.4 is 21.1 Å². The Morgan fingerprint density at radius 1 is 0.800 bits per heavy atom. The van der Waals surface area contributed by atoms with E-state index in [4.69, 9.17) is 4.74 Å². The van der Waals surface area contributed by atoms with Gasteiger partial charge in [-0.15, -0.1) is 0 Å². The number of amides is 2. The number of rotatable bonds is 6. The molecule has 1 heterocycles. The van der Waals surface area contributed by atoms with Gasteiger partial charge in [0.25, 0.3) is 11.8 Å². The van der Waals surface area contributed by atoms with Crippen molar-refractivity contribution < 1.29 is 14.3 Å². The smallest absolute Gasteiger partial charge is 0.323 e. The Morgan fingerprint density at radius 3 is 2.37 bits per heavy atom. The third kappa shape index (κ3) is 4.39. The fraction of sp³-hybridized carbons (Fsp3) is 0.0455. The van der Waals surface area contributed by atoms with E-state index in [0.29, 0.717) is 33.7 Å². The molecule has 0 unspecified atom stereocenters. The van der Waals surface area contributed by atoms with Crippen molar-refractivity contribution in [2.45, 2.75) is 0 Å². The summed E-state index contributed by atoms with van der Waals surface area (Å²) in [5, 5.41) is 5.50. The lowest BCUT2D eigenvalue weighted by Crippen LogP contribution is -2.21. The molecule has 0 spiro atoms. The Bertz CT molecular complexity index is 1260. The third-order valence-electron chi connectivity index (χ3n) is 4.32. The average molecular weight is 402 g/mol. The Kier molecular flexibility index (Phi) is 5.29. The molecule has 30 heavy (non-hydrogen) atoms. The standard InChI is InChI=1S/C22H18N4O4/c27-20(23-15-10-11-17-18(12-15)26-22(29)25-17)13-30-19-9-5-4-8-16(19)21(28)24-14-6-2-1-3-7-14/h1-12H,13H2,(H,23,27)(H,24,28)(H2,25,26,29). The number of benzene rings is 3. The second kappa shape index (κ2) is 8.36. The van der Waals surface area contributed by atoms with Crippen molar-refractivity contribution in [3.05, 3.63) is 88.8 Å². The van der Waals surface area contributed by atoms with Crippen LogP contribution >= 0.6 is 0 Å². The summed E-state index contributed by atoms with van der Waals surface area (Å²) < 4.78 is 5.58. The number of hydrogen-bond acceptors (Lipinski definition) is 4. The maximum atomic E-state index is 12.6. The normalized spacial score (nSPS) is 10.5. The zero-order valence-corrected chi connectivity index (χ0v) is 15.8. The van der Waals surface area contributed by atoms with E-state index in [1.165, 1.54) is 0 Å². The molecule has 0 aliphatic heterocycles. The van der Waals surface area contributed by atoms with Crippen LogP contribution in [0.4, 0.5) is 11.4 Å². The van der Waals surface area contributed by atoms with Gasteiger partial charge in [0.1, 0.15) is 5.75 Å². The first kappa shape index (κ1) is 19.0. The lowest BCUT2D eigenvalue weighted by Gasteiger charge is -2.12. The Labute approximate surface area is 170 Å². The molecular weight excluding hydrogens is 384 g/mol. The minimum Gasteiger partial charge on any atom is -0.483 e. The van der Waals surface area contributed by atoms with Gasteiger partial charge in [0.05, 0.1) is 16.6 Å². The van der Waals surface area contributed by atoms with Gasteiger partial charge in [0, 0.05) is 11.4 Å². The van der Waals surface area contributed by atoms with Crippen molar-refractivity contribution in [1.29, 1.82) is 0 Å². The van der Waals surface area contributed by atoms with Crippen molar-refractivity contribution in [3.63, 3.8) is 0 Å². The third-order valence-corrected chi connectivity index (χ3v) is 4.32. The lowest BCUT2D eigenvalue weighted by molar-refractivity contribution is -0.118. The second-order valence-electron chi connectivity index (χ2n) is 6.49. The zero-order valence-electron chi connectivity index (χ0n) is 15.8. The number of imidazole rings is 1. The van der Waals surface area contributed by atoms with Gasteiger partial charge in [-0.2, -0.15) is 0 Å². The lowest BCUT2D eigenvalue weighted by atomic mass is 10.2. The van der Waals surface area contributed by atoms with Gasteiger partial charge in [-0.05, 0) is 42.5 Å². The highest BCUT2D eigenvalue weighted by Gasteiger charge is 2.14. The highest BCUT2D eigenvalue weighted by atomic mass is 16.5. The van der Waals surface area contributed by atoms with Crippen LogP contribution in [0.3, 0.4) is 0 Å². The first-order valence-corrected chi connectivity index (χ1v) is 9.18. The number of hydrogen-bond donors (Lipinski definition) is 4. The highest BCUT2D eigenvalue weighted by Crippen LogP contribution is 2.20. The van der Waals surface area contributed by atoms with Gasteiger partial charge >= 0.3 is 5.69 Å². The Balaban J connectivity index is 1.41. The number of aromatic amines is 2. The van der Waals surface area contributed by atoms with Crippen LogP contribution in [0.5, 0.6) is 5.75 Å². The number of anilines is 2. The summed E-state index contributed by atoms with van der Waals surface area (Å²) in [5.74, 6) is -0.434. The van der Waals surface area contributed by atoms with E-state index in [1.54, 1.807) is 54.6 Å². The van der Waals surface area contributed by atoms with Crippen LogP contribution in [0.2, 0.25) is 0 Å². The fourth-order valence-corrected chi connectivity index (χ4v) is 2.95. The van der Waals surface area contributed by atoms with Gasteiger partial charge in [-0.3, -0.25) is 9.59 Å². The number of ether oxygens (including phenoxy) is 1. The topological polar surface area (TPSA) is 116 Å². The first-order chi connectivity index (χ1) is 14.6. The van der Waals surface area contributed by atoms with Crippen LogP contribution in [0, 0.1) is 0 Å². The van der Waals surface area contributed by atoms with Crippen molar-refractivity contribution >= 4 is 34.2 Å². The van der Waals surface area contributed by atoms with E-state index in [1.807, 2.05) is 18.2 Å². The quantitative estimate of drug-likeness (QED) is 0.396. The number of nitrogens with one attached hydrogen (secondary N) is 4. The number of H-pyrrole nitrogens is 2. The summed E-state index contributed by atoms with van der Waals surface area (Å²) in [6.45, 7) is -0.280. The molecule has 0 atom stereocenters. The predicted octanol–water partition coefficient (Wildman–Crippen LogP) is 3.13. The molecule has 0 radical (unpaired) electrons. The molecule has 0 aliphatic carbocycles. The van der Waals surface area contributed by atoms with E-state index >= 15 is 0 Å². The molecule has 0 bridgehead atoms. The summed E-state index contributed by atoms with van der Waals surface area (Å²) in [7, 11) is 0. The van der Waals surface area contributed by atoms with Crippen LogP contribution in [0.1, 0.15) is 10.4 Å². The average Bonchev–Trinajstić information content (AvgIpc) is 3.12. The number of carbonyl (C=O) groups excluding carboxylic acids is 2. The molecule has 0 saturated heterocycles. The molecule has 4 rings (SSSR count). The molecule has 4 aromatic rings. The van der Waals surface area contributed by atoms with Gasteiger partial charge in [-0.25, -0.2) is 4.79 Å². The fourth-order valence-electron chi connectivity index (χ4n) is 2.95. The van der Waals surface area contributed by atoms with Gasteiger partial charge in [-0.1, -0.05) is 30.3 Å². The van der Waals surface area contributed by atoms with E-state index in [9.17, 15) is 14.4 Å². The number of carbonyl (C=O) groups is 2. The summed E-state index contributed by atoms with van der Waals surface area (Å²) in [4.78, 5) is 41.5. The van der Waals surface area contributed by atoms with Gasteiger partial charge < -0.3 is 25.3 Å². The molecular formula is C22H18N4O4. The molecule has 8 nitrogen and oxygen atoms in total. The molecule has 1 aromatic heterocycles. The van der Waals surface area contributed by atoms with Gasteiger partial charge in [0.15, 0.2) is 6.61 Å². The summed E-state index contributed by atoms with van der Waals surface area (Å²) in [5.41, 5.74) is 2.41. The number of fused-ring (bicyclic) bond motifs is 1. The van der Waals surface area contributed by atoms with E-state index < -0.39 is 5.91 Å². The first-order valence-electron chi connectivity index (χ1n) is 9.18. The largest absolute Gasteiger partial charge is 0.483 e. The monoisotopic (exact) mass is 402 g/mol. The maximum absolute atomic E-state index is 12.6. The molecule has 150 valence electrons. The molecule has 3 aromatic carbocycles. The minimum atomic E-state index is -0.398. The number of aromatic nitrogens is 2. The SMILES string of the molecule is O=C(COc1ccccc1C(=O)Nc1ccccc1)Nc1ccc2[nH]c(=O)[nH]c2c1. The van der Waals surface area contributed by atoms with Crippen LogP contribution in [-0.4, -0.2) is 28.4 Å². The van der Waals surface area contributed by atoms with E-state index in [0.717, 1.165) is 0 Å². The Hall–Kier alpha value is -4.33. The van der Waals surface area contributed by atoms with Crippen molar-refractivity contribution in [1.82, 2.24) is 9.97 Å². The molecule has 0 aliphatic rings. The predicted molar refractivity (Wildman–Crippen MR) is 114 cm³/mol. The number of para-hydroxylation sites is 2. The van der Waals surface area contributed by atoms with Crippen LogP contribution in [0.15, 0.2) is 77.6 Å². The minimum absolute atomic E-state index is 0.280. The van der Waals surface area contributed by atoms with E-state index in [2.05, 4.69) is 20.6 Å². The molecule has 8 heteroatoms.